The van der Waals surface area contributed by atoms with Gasteiger partial charge in [0.2, 0.25) is 0 Å². The van der Waals surface area contributed by atoms with E-state index in [0.717, 1.165) is 25.7 Å². The zero-order valence-corrected chi connectivity index (χ0v) is 16.4. The Morgan fingerprint density at radius 3 is 2.57 bits per heavy atom. The molecule has 0 saturated heterocycles. The molecule has 1 aliphatic rings. The summed E-state index contributed by atoms with van der Waals surface area (Å²) in [4.78, 5) is 22.7. The molecule has 1 fully saturated rings. The summed E-state index contributed by atoms with van der Waals surface area (Å²) in [6, 6.07) is 9.98. The minimum Gasteiger partial charge on any atom is -0.481 e. The Hall–Kier alpha value is -1.98. The van der Waals surface area contributed by atoms with Crippen LogP contribution in [0.4, 0.5) is 0 Å². The number of aliphatic hydroxyl groups is 2. The molecule has 1 aromatic rings. The normalized spacial score (nSPS) is 23.4. The number of aryl methyl sites for hydroxylation is 1. The van der Waals surface area contributed by atoms with Crippen LogP contribution in [0.1, 0.15) is 56.9 Å². The van der Waals surface area contributed by atoms with Gasteiger partial charge in [0.1, 0.15) is 5.78 Å². The fourth-order valence-corrected chi connectivity index (χ4v) is 3.90. The van der Waals surface area contributed by atoms with Crippen molar-refractivity contribution in [1.82, 2.24) is 0 Å². The van der Waals surface area contributed by atoms with Gasteiger partial charge >= 0.3 is 5.97 Å². The molecule has 0 radical (unpaired) electrons. The first-order chi connectivity index (χ1) is 13.5. The smallest absolute Gasteiger partial charge is 0.303 e. The van der Waals surface area contributed by atoms with Gasteiger partial charge in [-0.3, -0.25) is 9.59 Å². The number of carbonyl (C=O) groups is 2. The molecule has 0 aliphatic heterocycles. The van der Waals surface area contributed by atoms with Crippen LogP contribution in [0.5, 0.6) is 0 Å². The number of carbonyl (C=O) groups excluding carboxylic acids is 1. The number of aliphatic hydroxyl groups excluding tert-OH is 2. The molecular formula is C23H32O5. The van der Waals surface area contributed by atoms with Gasteiger partial charge < -0.3 is 15.3 Å². The van der Waals surface area contributed by atoms with E-state index in [0.29, 0.717) is 19.3 Å². The summed E-state index contributed by atoms with van der Waals surface area (Å²) in [6.45, 7) is 0. The number of rotatable bonds is 12. The molecule has 2 rings (SSSR count). The van der Waals surface area contributed by atoms with Crippen LogP contribution >= 0.6 is 0 Å². The van der Waals surface area contributed by atoms with E-state index in [1.54, 1.807) is 6.08 Å². The van der Waals surface area contributed by atoms with Crippen molar-refractivity contribution in [3.63, 3.8) is 0 Å². The number of aliphatic carboxylic acids is 1. The number of benzene rings is 1. The molecule has 0 bridgehead atoms. The lowest BCUT2D eigenvalue weighted by atomic mass is 9.88. The standard InChI is InChI=1S/C23H32O5/c24-18(13-12-17-8-4-3-5-9-17)14-15-20-19(21(25)16-22(20)26)10-6-1-2-7-11-23(27)28/h3-5,8-9,14-15,18-20,22,24,26H,1-2,6-7,10-13,16H2,(H,27,28)/b15-14+/t18-,19?,20?,22+/m0/s1. The first-order valence-corrected chi connectivity index (χ1v) is 10.3. The van der Waals surface area contributed by atoms with Crippen LogP contribution in [-0.2, 0) is 16.0 Å². The van der Waals surface area contributed by atoms with Gasteiger partial charge in [-0.25, -0.2) is 0 Å². The molecule has 1 aromatic carbocycles. The van der Waals surface area contributed by atoms with E-state index in [-0.39, 0.29) is 30.5 Å². The summed E-state index contributed by atoms with van der Waals surface area (Å²) >= 11 is 0. The van der Waals surface area contributed by atoms with Gasteiger partial charge in [0.15, 0.2) is 0 Å². The predicted octanol–water partition coefficient (Wildman–Crippen LogP) is 3.53. The van der Waals surface area contributed by atoms with E-state index in [1.807, 2.05) is 36.4 Å². The van der Waals surface area contributed by atoms with Crippen molar-refractivity contribution in [2.24, 2.45) is 11.8 Å². The van der Waals surface area contributed by atoms with Crippen molar-refractivity contribution in [3.05, 3.63) is 48.0 Å². The molecule has 4 atom stereocenters. The Morgan fingerprint density at radius 1 is 1.14 bits per heavy atom. The molecule has 2 unspecified atom stereocenters. The second-order valence-corrected chi connectivity index (χ2v) is 7.74. The Morgan fingerprint density at radius 2 is 1.86 bits per heavy atom. The number of Topliss-reactive ketones (excluding diaryl/α,β-unsaturated/α-hetero) is 1. The highest BCUT2D eigenvalue weighted by atomic mass is 16.4. The molecule has 5 heteroatoms. The topological polar surface area (TPSA) is 94.8 Å². The Balaban J connectivity index is 1.77. The highest BCUT2D eigenvalue weighted by molar-refractivity contribution is 5.84. The summed E-state index contributed by atoms with van der Waals surface area (Å²) in [5, 5.41) is 29.1. The molecule has 0 spiro atoms. The molecule has 1 saturated carbocycles. The predicted molar refractivity (Wildman–Crippen MR) is 108 cm³/mol. The molecule has 0 amide bonds. The number of carboxylic acid groups (broad SMARTS) is 1. The van der Waals surface area contributed by atoms with E-state index in [4.69, 9.17) is 5.11 Å². The van der Waals surface area contributed by atoms with Gasteiger partial charge in [-0.2, -0.15) is 0 Å². The first kappa shape index (κ1) is 22.3. The van der Waals surface area contributed by atoms with Crippen molar-refractivity contribution in [1.29, 1.82) is 0 Å². The summed E-state index contributed by atoms with van der Waals surface area (Å²) in [6.07, 6.45) is 7.96. The minimum atomic E-state index is -0.773. The molecular weight excluding hydrogens is 356 g/mol. The van der Waals surface area contributed by atoms with Crippen LogP contribution < -0.4 is 0 Å². The third kappa shape index (κ3) is 7.56. The molecule has 1 aliphatic carbocycles. The van der Waals surface area contributed by atoms with Gasteiger partial charge in [0.05, 0.1) is 12.2 Å². The average molecular weight is 389 g/mol. The van der Waals surface area contributed by atoms with Gasteiger partial charge in [0, 0.05) is 24.7 Å². The number of unbranched alkanes of at least 4 members (excludes halogenated alkanes) is 3. The zero-order valence-electron chi connectivity index (χ0n) is 16.4. The van der Waals surface area contributed by atoms with Crippen molar-refractivity contribution in [2.45, 2.75) is 70.0 Å². The molecule has 0 heterocycles. The maximum atomic E-state index is 12.2. The summed E-state index contributed by atoms with van der Waals surface area (Å²) in [5.41, 5.74) is 1.17. The van der Waals surface area contributed by atoms with Crippen LogP contribution in [-0.4, -0.2) is 39.3 Å². The largest absolute Gasteiger partial charge is 0.481 e. The number of ketones is 1. The maximum Gasteiger partial charge on any atom is 0.303 e. The van der Waals surface area contributed by atoms with E-state index in [2.05, 4.69) is 0 Å². The van der Waals surface area contributed by atoms with Crippen LogP contribution in [0.25, 0.3) is 0 Å². The SMILES string of the molecule is O=C(O)CCCCCCC1C(=O)C[C@@H](O)C1/C=C/[C@@H](O)CCc1ccccc1. The van der Waals surface area contributed by atoms with Gasteiger partial charge in [-0.15, -0.1) is 0 Å². The summed E-state index contributed by atoms with van der Waals surface area (Å²) in [5.74, 6) is -1.12. The fraction of sp³-hybridized carbons (Fsp3) is 0.565. The number of hydrogen-bond donors (Lipinski definition) is 3. The Kier molecular flexibility index (Phi) is 9.38. The molecule has 154 valence electrons. The van der Waals surface area contributed by atoms with Crippen molar-refractivity contribution < 1.29 is 24.9 Å². The summed E-state index contributed by atoms with van der Waals surface area (Å²) in [7, 11) is 0. The Bertz CT molecular complexity index is 640. The second kappa shape index (κ2) is 11.8. The van der Waals surface area contributed by atoms with Crippen molar-refractivity contribution in [2.75, 3.05) is 0 Å². The molecule has 3 N–H and O–H groups in total. The van der Waals surface area contributed by atoms with E-state index < -0.39 is 18.2 Å². The van der Waals surface area contributed by atoms with Gasteiger partial charge in [0.25, 0.3) is 0 Å². The van der Waals surface area contributed by atoms with E-state index in [9.17, 15) is 19.8 Å². The van der Waals surface area contributed by atoms with Crippen LogP contribution in [0.15, 0.2) is 42.5 Å². The second-order valence-electron chi connectivity index (χ2n) is 7.74. The zero-order chi connectivity index (χ0) is 20.4. The minimum absolute atomic E-state index is 0.0893. The Labute approximate surface area is 167 Å². The lowest BCUT2D eigenvalue weighted by Crippen LogP contribution is -2.19. The number of hydrogen-bond acceptors (Lipinski definition) is 4. The van der Waals surface area contributed by atoms with E-state index in [1.165, 1.54) is 5.56 Å². The number of carboxylic acids is 1. The third-order valence-electron chi connectivity index (χ3n) is 5.52. The van der Waals surface area contributed by atoms with Gasteiger partial charge in [-0.1, -0.05) is 61.7 Å². The van der Waals surface area contributed by atoms with Crippen LogP contribution in [0.3, 0.4) is 0 Å². The van der Waals surface area contributed by atoms with Crippen LogP contribution in [0.2, 0.25) is 0 Å². The van der Waals surface area contributed by atoms with Gasteiger partial charge in [-0.05, 0) is 31.2 Å². The average Bonchev–Trinajstić information content (AvgIpc) is 2.94. The molecule has 0 aromatic heterocycles. The first-order valence-electron chi connectivity index (χ1n) is 10.3. The lowest BCUT2D eigenvalue weighted by Gasteiger charge is -2.18. The monoisotopic (exact) mass is 388 g/mol. The third-order valence-corrected chi connectivity index (χ3v) is 5.52. The highest BCUT2D eigenvalue weighted by Crippen LogP contribution is 2.34. The quantitative estimate of drug-likeness (QED) is 0.376. The van der Waals surface area contributed by atoms with Crippen LogP contribution in [0, 0.1) is 11.8 Å². The summed E-state index contributed by atoms with van der Waals surface area (Å²) < 4.78 is 0. The van der Waals surface area contributed by atoms with E-state index >= 15 is 0 Å². The lowest BCUT2D eigenvalue weighted by molar-refractivity contribution is -0.137. The molecule has 5 nitrogen and oxygen atoms in total. The highest BCUT2D eigenvalue weighted by Gasteiger charge is 2.39. The van der Waals surface area contributed by atoms with Crippen molar-refractivity contribution >= 4 is 11.8 Å². The molecule has 28 heavy (non-hydrogen) atoms. The fourth-order valence-electron chi connectivity index (χ4n) is 3.90. The van der Waals surface area contributed by atoms with Crippen molar-refractivity contribution in [3.8, 4) is 0 Å². The maximum absolute atomic E-state index is 12.2.